The van der Waals surface area contributed by atoms with Crippen LogP contribution in [0.4, 0.5) is 0 Å². The first-order valence-corrected chi connectivity index (χ1v) is 7.64. The van der Waals surface area contributed by atoms with Gasteiger partial charge in [-0.1, -0.05) is 36.0 Å². The van der Waals surface area contributed by atoms with Crippen molar-refractivity contribution in [1.29, 1.82) is 0 Å². The Bertz CT molecular complexity index is 534. The van der Waals surface area contributed by atoms with E-state index in [0.717, 1.165) is 49.2 Å². The van der Waals surface area contributed by atoms with E-state index < -0.39 is 0 Å². The van der Waals surface area contributed by atoms with Crippen LogP contribution in [0.5, 0.6) is 0 Å². The molecule has 1 aromatic carbocycles. The van der Waals surface area contributed by atoms with Crippen LogP contribution in [0.3, 0.4) is 0 Å². The first-order chi connectivity index (χ1) is 10.6. The zero-order chi connectivity index (χ0) is 15.9. The third-order valence-corrected chi connectivity index (χ3v) is 3.72. The summed E-state index contributed by atoms with van der Waals surface area (Å²) >= 11 is 0. The highest BCUT2D eigenvalue weighted by molar-refractivity contribution is 5.98. The smallest absolute Gasteiger partial charge is 0.170 e. The van der Waals surface area contributed by atoms with Crippen molar-refractivity contribution in [3.63, 3.8) is 0 Å². The Morgan fingerprint density at radius 3 is 2.77 bits per heavy atom. The number of likely N-dealkylation sites (tertiary alicyclic amines) is 1. The quantitative estimate of drug-likeness (QED) is 0.364. The summed E-state index contributed by atoms with van der Waals surface area (Å²) in [5, 5.41) is 13.6. The molecule has 0 unspecified atom stereocenters. The number of benzene rings is 1. The zero-order valence-corrected chi connectivity index (χ0v) is 13.2. The van der Waals surface area contributed by atoms with Crippen LogP contribution in [0.1, 0.15) is 30.9 Å². The van der Waals surface area contributed by atoms with Gasteiger partial charge in [0.2, 0.25) is 0 Å². The molecule has 0 aliphatic carbocycles. The highest BCUT2D eigenvalue weighted by Gasteiger charge is 2.18. The molecule has 1 fully saturated rings. The fraction of sp³-hybridized carbons (Fsp3) is 0.471. The molecule has 2 rings (SSSR count). The van der Waals surface area contributed by atoms with Gasteiger partial charge in [-0.3, -0.25) is 4.90 Å². The van der Waals surface area contributed by atoms with E-state index in [-0.39, 0.29) is 6.10 Å². The molecule has 0 aromatic heterocycles. The van der Waals surface area contributed by atoms with Crippen molar-refractivity contribution in [2.24, 2.45) is 10.9 Å². The lowest BCUT2D eigenvalue weighted by Crippen LogP contribution is -2.35. The molecular formula is C17H25N3O2. The van der Waals surface area contributed by atoms with Gasteiger partial charge in [0, 0.05) is 25.2 Å². The van der Waals surface area contributed by atoms with Gasteiger partial charge >= 0.3 is 0 Å². The minimum absolute atomic E-state index is 0.159. The second-order valence-electron chi connectivity index (χ2n) is 5.87. The van der Waals surface area contributed by atoms with Gasteiger partial charge in [0.05, 0.1) is 6.10 Å². The van der Waals surface area contributed by atoms with Gasteiger partial charge < -0.3 is 15.7 Å². The van der Waals surface area contributed by atoms with E-state index in [1.54, 1.807) is 0 Å². The summed E-state index contributed by atoms with van der Waals surface area (Å²) in [5.41, 5.74) is 8.97. The van der Waals surface area contributed by atoms with Crippen LogP contribution < -0.4 is 5.73 Å². The number of rotatable bonds is 6. The van der Waals surface area contributed by atoms with Crippen molar-refractivity contribution in [2.75, 3.05) is 19.7 Å². The maximum absolute atomic E-state index is 9.59. The fourth-order valence-electron chi connectivity index (χ4n) is 2.49. The number of oxime groups is 1. The van der Waals surface area contributed by atoms with Crippen LogP contribution in [0, 0.1) is 0 Å². The SMILES string of the molecule is C=C(C)CO/N=C(/N)c1ccccc1CN1CCC(O)CC1. The van der Waals surface area contributed by atoms with Crippen LogP contribution in [0.2, 0.25) is 0 Å². The normalized spacial score (nSPS) is 17.5. The third-order valence-electron chi connectivity index (χ3n) is 3.72. The molecule has 0 spiro atoms. The lowest BCUT2D eigenvalue weighted by molar-refractivity contribution is 0.0792. The van der Waals surface area contributed by atoms with Gasteiger partial charge in [0.25, 0.3) is 0 Å². The summed E-state index contributed by atoms with van der Waals surface area (Å²) in [7, 11) is 0. The highest BCUT2D eigenvalue weighted by atomic mass is 16.6. The molecule has 0 saturated carbocycles. The lowest BCUT2D eigenvalue weighted by Gasteiger charge is -2.30. The highest BCUT2D eigenvalue weighted by Crippen LogP contribution is 2.16. The van der Waals surface area contributed by atoms with Crippen molar-refractivity contribution >= 4 is 5.84 Å². The Labute approximate surface area is 132 Å². The summed E-state index contributed by atoms with van der Waals surface area (Å²) in [5.74, 6) is 0.383. The van der Waals surface area contributed by atoms with Crippen LogP contribution in [-0.2, 0) is 11.4 Å². The van der Waals surface area contributed by atoms with Gasteiger partial charge in [-0.25, -0.2) is 0 Å². The van der Waals surface area contributed by atoms with Crippen molar-refractivity contribution in [3.8, 4) is 0 Å². The number of hydrogen-bond acceptors (Lipinski definition) is 4. The molecule has 5 nitrogen and oxygen atoms in total. The maximum atomic E-state index is 9.59. The minimum Gasteiger partial charge on any atom is -0.393 e. The summed E-state index contributed by atoms with van der Waals surface area (Å²) in [6.07, 6.45) is 1.50. The molecule has 1 aliphatic heterocycles. The minimum atomic E-state index is -0.159. The van der Waals surface area contributed by atoms with Crippen molar-refractivity contribution in [2.45, 2.75) is 32.4 Å². The molecule has 0 bridgehead atoms. The molecule has 1 saturated heterocycles. The number of aliphatic hydroxyl groups is 1. The van der Waals surface area contributed by atoms with Crippen molar-refractivity contribution in [3.05, 3.63) is 47.5 Å². The van der Waals surface area contributed by atoms with Crippen LogP contribution in [-0.4, -0.2) is 41.6 Å². The first-order valence-electron chi connectivity index (χ1n) is 7.64. The van der Waals surface area contributed by atoms with Crippen molar-refractivity contribution < 1.29 is 9.94 Å². The van der Waals surface area contributed by atoms with Gasteiger partial charge in [-0.2, -0.15) is 0 Å². The number of amidine groups is 1. The predicted molar refractivity (Wildman–Crippen MR) is 88.5 cm³/mol. The van der Waals surface area contributed by atoms with E-state index in [1.807, 2.05) is 25.1 Å². The molecule has 0 radical (unpaired) electrons. The largest absolute Gasteiger partial charge is 0.393 e. The average Bonchev–Trinajstić information content (AvgIpc) is 2.49. The number of hydrogen-bond donors (Lipinski definition) is 2. The number of piperidine rings is 1. The topological polar surface area (TPSA) is 71.1 Å². The van der Waals surface area contributed by atoms with E-state index in [0.29, 0.717) is 12.4 Å². The molecule has 1 aliphatic rings. The van der Waals surface area contributed by atoms with Crippen LogP contribution in [0.15, 0.2) is 41.6 Å². The summed E-state index contributed by atoms with van der Waals surface area (Å²) in [6, 6.07) is 7.96. The van der Waals surface area contributed by atoms with Crippen LogP contribution in [0.25, 0.3) is 0 Å². The Morgan fingerprint density at radius 2 is 2.09 bits per heavy atom. The predicted octanol–water partition coefficient (Wildman–Crippen LogP) is 1.86. The van der Waals surface area contributed by atoms with Gasteiger partial charge in [0.15, 0.2) is 5.84 Å². The molecule has 3 N–H and O–H groups in total. The Balaban J connectivity index is 2.04. The monoisotopic (exact) mass is 303 g/mol. The fourth-order valence-corrected chi connectivity index (χ4v) is 2.49. The summed E-state index contributed by atoms with van der Waals surface area (Å²) < 4.78 is 0. The first kappa shape index (κ1) is 16.5. The van der Waals surface area contributed by atoms with E-state index >= 15 is 0 Å². The molecule has 0 atom stereocenters. The second-order valence-corrected chi connectivity index (χ2v) is 5.87. The molecule has 1 aromatic rings. The molecule has 120 valence electrons. The zero-order valence-electron chi connectivity index (χ0n) is 13.2. The molecule has 22 heavy (non-hydrogen) atoms. The summed E-state index contributed by atoms with van der Waals surface area (Å²) in [4.78, 5) is 7.51. The number of nitrogens with two attached hydrogens (primary N) is 1. The van der Waals surface area contributed by atoms with Gasteiger partial charge in [-0.05, 0) is 30.9 Å². The number of aliphatic hydroxyl groups excluding tert-OH is 1. The van der Waals surface area contributed by atoms with Gasteiger partial charge in [-0.15, -0.1) is 0 Å². The molecule has 1 heterocycles. The molecular weight excluding hydrogens is 278 g/mol. The lowest BCUT2D eigenvalue weighted by atomic mass is 10.0. The van der Waals surface area contributed by atoms with E-state index in [9.17, 15) is 5.11 Å². The Hall–Kier alpha value is -1.85. The third kappa shape index (κ3) is 4.86. The van der Waals surface area contributed by atoms with Crippen molar-refractivity contribution in [1.82, 2.24) is 4.90 Å². The Morgan fingerprint density at radius 1 is 1.41 bits per heavy atom. The second kappa shape index (κ2) is 7.96. The standard InChI is InChI=1S/C17H25N3O2/c1-13(2)12-22-19-17(18)16-6-4-3-5-14(16)11-20-9-7-15(21)8-10-20/h3-6,15,21H,1,7-12H2,2H3,(H2,18,19). The number of nitrogens with zero attached hydrogens (tertiary/aromatic N) is 2. The summed E-state index contributed by atoms with van der Waals surface area (Å²) in [6.45, 7) is 8.62. The maximum Gasteiger partial charge on any atom is 0.170 e. The van der Waals surface area contributed by atoms with E-state index in [1.165, 1.54) is 0 Å². The average molecular weight is 303 g/mol. The van der Waals surface area contributed by atoms with Crippen LogP contribution >= 0.6 is 0 Å². The Kier molecular flexibility index (Phi) is 5.98. The van der Waals surface area contributed by atoms with E-state index in [4.69, 9.17) is 10.6 Å². The van der Waals surface area contributed by atoms with E-state index in [2.05, 4.69) is 22.7 Å². The molecule has 0 amide bonds. The molecule has 5 heteroatoms. The van der Waals surface area contributed by atoms with Gasteiger partial charge in [0.1, 0.15) is 6.61 Å².